The lowest BCUT2D eigenvalue weighted by atomic mass is 10.0. The van der Waals surface area contributed by atoms with Gasteiger partial charge in [0.25, 0.3) is 0 Å². The molecule has 50 heavy (non-hydrogen) atoms. The largest absolute Gasteiger partial charge is 0.449 e. The van der Waals surface area contributed by atoms with Crippen molar-refractivity contribution in [2.45, 2.75) is 19.4 Å². The van der Waals surface area contributed by atoms with Gasteiger partial charge in [-0.1, -0.05) is 72.8 Å². The molecule has 9 nitrogen and oxygen atoms in total. The number of hydrogen-bond acceptors (Lipinski definition) is 7. The Morgan fingerprint density at radius 3 is 1.26 bits per heavy atom. The molecule has 0 aliphatic carbocycles. The second-order valence-electron chi connectivity index (χ2n) is 13.4. The predicted molar refractivity (Wildman–Crippen MR) is 198 cm³/mol. The van der Waals surface area contributed by atoms with Gasteiger partial charge in [-0.25, -0.2) is 19.9 Å². The molecule has 0 atom stereocenters. The summed E-state index contributed by atoms with van der Waals surface area (Å²) in [6.45, 7) is 3.90. The van der Waals surface area contributed by atoms with E-state index in [9.17, 15) is 0 Å². The fraction of sp³-hybridized carbons (Fsp3) is 0.0732. The summed E-state index contributed by atoms with van der Waals surface area (Å²) in [6.07, 6.45) is 0. The van der Waals surface area contributed by atoms with Crippen molar-refractivity contribution in [1.29, 1.82) is 0 Å². The van der Waals surface area contributed by atoms with Crippen molar-refractivity contribution < 1.29 is 4.74 Å². The lowest BCUT2D eigenvalue weighted by Crippen LogP contribution is -2.22. The van der Waals surface area contributed by atoms with Crippen LogP contribution in [0.2, 0.25) is 0 Å². The van der Waals surface area contributed by atoms with Gasteiger partial charge in [-0.3, -0.25) is 0 Å². The van der Waals surface area contributed by atoms with Crippen molar-refractivity contribution in [1.82, 2.24) is 39.9 Å². The number of hydrogen-bond donors (Lipinski definition) is 2. The topological polar surface area (TPSA) is 118 Å². The first kappa shape index (κ1) is 27.2. The third kappa shape index (κ3) is 4.00. The maximum absolute atomic E-state index is 6.34. The van der Waals surface area contributed by atoms with E-state index in [0.29, 0.717) is 40.1 Å². The smallest absolute Gasteiger partial charge is 0.321 e. The first-order chi connectivity index (χ1) is 24.4. The number of nitrogens with zero attached hydrogens (tertiary/aromatic N) is 6. The Labute approximate surface area is 283 Å². The zero-order valence-corrected chi connectivity index (χ0v) is 27.0. The molecule has 0 radical (unpaired) electrons. The van der Waals surface area contributed by atoms with Gasteiger partial charge in [0.05, 0.1) is 0 Å². The van der Waals surface area contributed by atoms with Crippen LogP contribution in [-0.4, -0.2) is 39.9 Å². The zero-order valence-electron chi connectivity index (χ0n) is 27.0. The van der Waals surface area contributed by atoms with Gasteiger partial charge in [-0.15, -0.1) is 0 Å². The van der Waals surface area contributed by atoms with E-state index in [1.165, 1.54) is 0 Å². The molecule has 9 heteroatoms. The lowest BCUT2D eigenvalue weighted by Gasteiger charge is -2.15. The summed E-state index contributed by atoms with van der Waals surface area (Å²) in [4.78, 5) is 37.4. The molecule has 0 saturated heterocycles. The molecule has 2 aliphatic heterocycles. The average molecular weight is 647 g/mol. The van der Waals surface area contributed by atoms with Gasteiger partial charge in [0.2, 0.25) is 0 Å². The van der Waals surface area contributed by atoms with Crippen LogP contribution in [-0.2, 0) is 5.60 Å². The van der Waals surface area contributed by atoms with Crippen LogP contribution in [0.3, 0.4) is 0 Å². The summed E-state index contributed by atoms with van der Waals surface area (Å²) in [7, 11) is 0. The Morgan fingerprint density at radius 1 is 0.440 bits per heavy atom. The number of benzene rings is 6. The number of aromatic amines is 2. The normalized spacial score (nSPS) is 13.7. The quantitative estimate of drug-likeness (QED) is 0.169. The van der Waals surface area contributed by atoms with Gasteiger partial charge in [0.15, 0.2) is 23.1 Å². The molecule has 0 unspecified atom stereocenters. The first-order valence-electron chi connectivity index (χ1n) is 16.5. The predicted octanol–water partition coefficient (Wildman–Crippen LogP) is 9.31. The highest BCUT2D eigenvalue weighted by molar-refractivity contribution is 6.12. The minimum Gasteiger partial charge on any atom is -0.449 e. The summed E-state index contributed by atoms with van der Waals surface area (Å²) in [5.41, 5.74) is 3.51. The van der Waals surface area contributed by atoms with Crippen molar-refractivity contribution in [2.75, 3.05) is 0 Å². The number of aromatic nitrogens is 8. The molecule has 0 amide bonds. The summed E-state index contributed by atoms with van der Waals surface area (Å²) >= 11 is 0. The van der Waals surface area contributed by atoms with Crippen molar-refractivity contribution in [2.24, 2.45) is 0 Å². The maximum atomic E-state index is 6.34. The Hall–Kier alpha value is -6.74. The number of ether oxygens (including phenoxy) is 1. The van der Waals surface area contributed by atoms with Crippen LogP contribution in [0.25, 0.3) is 99.2 Å². The van der Waals surface area contributed by atoms with Crippen LogP contribution in [0.5, 0.6) is 6.01 Å². The highest BCUT2D eigenvalue weighted by Crippen LogP contribution is 2.39. The van der Waals surface area contributed by atoms with E-state index in [1.807, 2.05) is 50.2 Å². The molecule has 0 spiro atoms. The Balaban J connectivity index is 1.34. The van der Waals surface area contributed by atoms with Crippen LogP contribution in [0, 0.1) is 0 Å². The molecule has 5 heterocycles. The second kappa shape index (κ2) is 9.67. The number of H-pyrrole nitrogens is 2. The molecule has 236 valence electrons. The first-order valence-corrected chi connectivity index (χ1v) is 16.5. The van der Waals surface area contributed by atoms with Gasteiger partial charge in [0, 0.05) is 32.7 Å². The molecule has 0 saturated carbocycles. The van der Waals surface area contributed by atoms with Gasteiger partial charge in [0.1, 0.15) is 22.6 Å². The van der Waals surface area contributed by atoms with E-state index in [-0.39, 0.29) is 6.01 Å². The van der Waals surface area contributed by atoms with Crippen LogP contribution in [0.4, 0.5) is 0 Å². The van der Waals surface area contributed by atoms with Gasteiger partial charge in [-0.05, 0) is 82.6 Å². The third-order valence-corrected chi connectivity index (χ3v) is 9.79. The summed E-state index contributed by atoms with van der Waals surface area (Å²) in [5.74, 6) is 1.64. The minimum absolute atomic E-state index is 0.223. The van der Waals surface area contributed by atoms with Crippen LogP contribution >= 0.6 is 0 Å². The highest BCUT2D eigenvalue weighted by Gasteiger charge is 2.33. The highest BCUT2D eigenvalue weighted by atomic mass is 16.5. The van der Waals surface area contributed by atoms with Crippen molar-refractivity contribution >= 4 is 76.5 Å². The van der Waals surface area contributed by atoms with E-state index in [2.05, 4.69) is 82.8 Å². The minimum atomic E-state index is -0.834. The zero-order chi connectivity index (χ0) is 33.1. The Morgan fingerprint density at radius 2 is 0.820 bits per heavy atom. The standard InChI is InChI=1S/C41H26N8O/c1-41(2)39-47-37-31-19-25-13-7-5-11-23(25)17-29(31)35(45-37)43-33-27-15-21-9-3-4-10-22(21)16-28(27)34(42-33)44-36-30-18-24-12-6-8-14-26(24)20-32(30)38(46-36)48-40(49-39)50-41/h3-20H,1-2H3,(H2,42,43,44,45,46,47,48,49). The van der Waals surface area contributed by atoms with Gasteiger partial charge in [-0.2, -0.15) is 9.97 Å². The fourth-order valence-electron chi connectivity index (χ4n) is 7.25. The summed E-state index contributed by atoms with van der Waals surface area (Å²) < 4.78 is 6.34. The Bertz CT molecular complexity index is 3120. The molecule has 3 aromatic heterocycles. The van der Waals surface area contributed by atoms with Crippen molar-refractivity contribution in [3.8, 4) is 28.8 Å². The summed E-state index contributed by atoms with van der Waals surface area (Å²) in [6, 6.07) is 38.0. The van der Waals surface area contributed by atoms with E-state index in [0.717, 1.165) is 65.0 Å². The van der Waals surface area contributed by atoms with Gasteiger partial charge < -0.3 is 14.7 Å². The molecule has 9 aromatic rings. The number of rotatable bonds is 0. The van der Waals surface area contributed by atoms with Gasteiger partial charge >= 0.3 is 6.01 Å². The summed E-state index contributed by atoms with van der Waals surface area (Å²) in [5, 5.41) is 10.3. The second-order valence-corrected chi connectivity index (χ2v) is 13.4. The average Bonchev–Trinajstić information content (AvgIpc) is 3.82. The van der Waals surface area contributed by atoms with E-state index < -0.39 is 5.60 Å². The lowest BCUT2D eigenvalue weighted by molar-refractivity contribution is 0.116. The third-order valence-electron chi connectivity index (χ3n) is 9.79. The molecular formula is C41H26N8O. The van der Waals surface area contributed by atoms with Crippen LogP contribution in [0.1, 0.15) is 19.7 Å². The van der Waals surface area contributed by atoms with E-state index in [4.69, 9.17) is 34.6 Å². The molecule has 11 rings (SSSR count). The molecule has 0 fully saturated rings. The molecule has 2 N–H and O–H groups in total. The fourth-order valence-corrected chi connectivity index (χ4v) is 7.25. The SMILES string of the molecule is CC1(C)Oc2nc1nc1[nH]c(nc3nc(nc4[nH]c(n2)c2cc5ccccc5cc42)-c2cc4ccccc4cc2-3)c2cc3ccccc3cc12. The van der Waals surface area contributed by atoms with E-state index in [1.54, 1.807) is 0 Å². The number of fused-ring (bicyclic) bond motifs is 20. The maximum Gasteiger partial charge on any atom is 0.321 e. The molecule has 2 aliphatic rings. The number of nitrogens with one attached hydrogen (secondary N) is 2. The van der Waals surface area contributed by atoms with Crippen molar-refractivity contribution in [3.63, 3.8) is 0 Å². The molecule has 8 bridgehead atoms. The van der Waals surface area contributed by atoms with Crippen LogP contribution in [0.15, 0.2) is 109 Å². The van der Waals surface area contributed by atoms with Crippen LogP contribution < -0.4 is 4.74 Å². The molecular weight excluding hydrogens is 621 g/mol. The monoisotopic (exact) mass is 646 g/mol. The molecule has 6 aromatic carbocycles. The Kier molecular flexibility index (Phi) is 5.27. The van der Waals surface area contributed by atoms with Crippen molar-refractivity contribution in [3.05, 3.63) is 115 Å². The van der Waals surface area contributed by atoms with E-state index >= 15 is 0 Å².